The number of aromatic carboxylic acids is 1. The maximum absolute atomic E-state index is 12.8. The second-order valence-electron chi connectivity index (χ2n) is 6.33. The minimum Gasteiger partial charge on any atom is -0.477 e. The van der Waals surface area contributed by atoms with Crippen LogP contribution in [0.3, 0.4) is 0 Å². The van der Waals surface area contributed by atoms with E-state index in [1.165, 1.54) is 6.07 Å². The standard InChI is InChI=1S/C17H20ClN3O3/c1-10(2)20-3-5-21(6-4-20)16(22)12-7-11-8-15(17(23)24)19-14(11)9-13(12)18/h7-10,19H,3-6H2,1-2H3,(H,23,24). The molecule has 2 N–H and O–H groups in total. The highest BCUT2D eigenvalue weighted by atomic mass is 35.5. The third kappa shape index (κ3) is 3.12. The number of amides is 1. The van der Waals surface area contributed by atoms with Gasteiger partial charge in [-0.3, -0.25) is 9.69 Å². The normalized spacial score (nSPS) is 16.1. The molecule has 128 valence electrons. The van der Waals surface area contributed by atoms with Crippen LogP contribution in [0.15, 0.2) is 18.2 Å². The van der Waals surface area contributed by atoms with E-state index < -0.39 is 5.97 Å². The molecule has 0 atom stereocenters. The fourth-order valence-corrected chi connectivity index (χ4v) is 3.29. The SMILES string of the molecule is CC(C)N1CCN(C(=O)c2cc3cc(C(=O)O)[nH]c3cc2Cl)CC1. The molecule has 24 heavy (non-hydrogen) atoms. The van der Waals surface area contributed by atoms with E-state index in [1.54, 1.807) is 17.0 Å². The first kappa shape index (κ1) is 16.8. The average Bonchev–Trinajstić information content (AvgIpc) is 2.96. The number of aromatic amines is 1. The van der Waals surface area contributed by atoms with Crippen LogP contribution >= 0.6 is 11.6 Å². The Hall–Kier alpha value is -2.05. The molecule has 0 unspecified atom stereocenters. The Kier molecular flexibility index (Phi) is 4.51. The number of nitrogens with one attached hydrogen (secondary N) is 1. The number of H-pyrrole nitrogens is 1. The topological polar surface area (TPSA) is 76.6 Å². The summed E-state index contributed by atoms with van der Waals surface area (Å²) in [6, 6.07) is 5.26. The number of hydrogen-bond acceptors (Lipinski definition) is 3. The molecule has 0 saturated carbocycles. The number of carbonyl (C=O) groups excluding carboxylic acids is 1. The number of carboxylic acid groups (broad SMARTS) is 1. The van der Waals surface area contributed by atoms with E-state index in [9.17, 15) is 9.59 Å². The van der Waals surface area contributed by atoms with Crippen LogP contribution in [0.25, 0.3) is 10.9 Å². The lowest BCUT2D eigenvalue weighted by atomic mass is 10.1. The van der Waals surface area contributed by atoms with Crippen LogP contribution in [0.5, 0.6) is 0 Å². The quantitative estimate of drug-likeness (QED) is 0.893. The minimum absolute atomic E-state index is 0.0798. The molecule has 6 nitrogen and oxygen atoms in total. The van der Waals surface area contributed by atoms with Crippen LogP contribution in [0, 0.1) is 0 Å². The van der Waals surface area contributed by atoms with Crippen molar-refractivity contribution in [3.8, 4) is 0 Å². The molecule has 1 aromatic heterocycles. The molecule has 0 bridgehead atoms. The summed E-state index contributed by atoms with van der Waals surface area (Å²) in [5.74, 6) is -1.15. The molecule has 7 heteroatoms. The Morgan fingerprint density at radius 1 is 1.17 bits per heavy atom. The number of hydrogen-bond donors (Lipinski definition) is 2. The lowest BCUT2D eigenvalue weighted by Gasteiger charge is -2.37. The second kappa shape index (κ2) is 6.45. The summed E-state index contributed by atoms with van der Waals surface area (Å²) in [5, 5.41) is 10.1. The van der Waals surface area contributed by atoms with Crippen molar-refractivity contribution in [2.24, 2.45) is 0 Å². The summed E-state index contributed by atoms with van der Waals surface area (Å²) in [4.78, 5) is 30.8. The molecular formula is C17H20ClN3O3. The number of nitrogens with zero attached hydrogens (tertiary/aromatic N) is 2. The van der Waals surface area contributed by atoms with Gasteiger partial charge >= 0.3 is 5.97 Å². The van der Waals surface area contributed by atoms with Gasteiger partial charge in [-0.1, -0.05) is 11.6 Å². The molecular weight excluding hydrogens is 330 g/mol. The predicted octanol–water partition coefficient (Wildman–Crippen LogP) is 2.69. The second-order valence-corrected chi connectivity index (χ2v) is 6.74. The van der Waals surface area contributed by atoms with Gasteiger partial charge in [0.05, 0.1) is 10.6 Å². The van der Waals surface area contributed by atoms with Crippen molar-refractivity contribution >= 4 is 34.4 Å². The first-order chi connectivity index (χ1) is 11.4. The highest BCUT2D eigenvalue weighted by Gasteiger charge is 2.25. The Morgan fingerprint density at radius 2 is 1.83 bits per heavy atom. The maximum Gasteiger partial charge on any atom is 0.352 e. The van der Waals surface area contributed by atoms with Gasteiger partial charge in [-0.15, -0.1) is 0 Å². The molecule has 0 radical (unpaired) electrons. The van der Waals surface area contributed by atoms with Gasteiger partial charge in [0.15, 0.2) is 0 Å². The molecule has 1 aliphatic rings. The van der Waals surface area contributed by atoms with Crippen molar-refractivity contribution in [3.63, 3.8) is 0 Å². The van der Waals surface area contributed by atoms with Crippen LogP contribution in [0.4, 0.5) is 0 Å². The zero-order valence-electron chi connectivity index (χ0n) is 13.7. The van der Waals surface area contributed by atoms with E-state index in [0.717, 1.165) is 13.1 Å². The van der Waals surface area contributed by atoms with Gasteiger partial charge in [0.25, 0.3) is 5.91 Å². The summed E-state index contributed by atoms with van der Waals surface area (Å²) in [6.07, 6.45) is 0. The van der Waals surface area contributed by atoms with E-state index in [2.05, 4.69) is 23.7 Å². The number of benzene rings is 1. The van der Waals surface area contributed by atoms with Crippen molar-refractivity contribution in [1.29, 1.82) is 0 Å². The molecule has 1 saturated heterocycles. The number of fused-ring (bicyclic) bond motifs is 1. The lowest BCUT2D eigenvalue weighted by molar-refractivity contribution is 0.0595. The average molecular weight is 350 g/mol. The van der Waals surface area contributed by atoms with Crippen molar-refractivity contribution < 1.29 is 14.7 Å². The summed E-state index contributed by atoms with van der Waals surface area (Å²) in [5.41, 5.74) is 1.10. The van der Waals surface area contributed by atoms with E-state index in [-0.39, 0.29) is 11.6 Å². The van der Waals surface area contributed by atoms with Crippen molar-refractivity contribution in [2.75, 3.05) is 26.2 Å². The molecule has 2 heterocycles. The minimum atomic E-state index is -1.04. The molecule has 3 rings (SSSR count). The molecule has 1 aromatic carbocycles. The molecule has 0 aliphatic carbocycles. The number of halogens is 1. The third-order valence-electron chi connectivity index (χ3n) is 4.50. The summed E-state index contributed by atoms with van der Waals surface area (Å²) in [6.45, 7) is 7.31. The Bertz CT molecular complexity index is 792. The van der Waals surface area contributed by atoms with Crippen LogP contribution < -0.4 is 0 Å². The fraction of sp³-hybridized carbons (Fsp3) is 0.412. The van der Waals surface area contributed by atoms with Crippen LogP contribution in [0.1, 0.15) is 34.7 Å². The van der Waals surface area contributed by atoms with Gasteiger partial charge in [-0.05, 0) is 32.0 Å². The summed E-state index contributed by atoms with van der Waals surface area (Å²) < 4.78 is 0. The Balaban J connectivity index is 1.84. The number of carboxylic acids is 1. The highest BCUT2D eigenvalue weighted by molar-refractivity contribution is 6.34. The molecule has 1 aliphatic heterocycles. The van der Waals surface area contributed by atoms with Crippen LogP contribution in [0.2, 0.25) is 5.02 Å². The van der Waals surface area contributed by atoms with E-state index in [0.29, 0.717) is 40.6 Å². The predicted molar refractivity (Wildman–Crippen MR) is 92.9 cm³/mol. The maximum atomic E-state index is 12.8. The zero-order valence-corrected chi connectivity index (χ0v) is 14.4. The largest absolute Gasteiger partial charge is 0.477 e. The van der Waals surface area contributed by atoms with Gasteiger partial charge < -0.3 is 15.0 Å². The van der Waals surface area contributed by atoms with Crippen LogP contribution in [-0.2, 0) is 0 Å². The van der Waals surface area contributed by atoms with Crippen molar-refractivity contribution in [1.82, 2.24) is 14.8 Å². The van der Waals surface area contributed by atoms with E-state index in [4.69, 9.17) is 16.7 Å². The van der Waals surface area contributed by atoms with E-state index in [1.807, 2.05) is 0 Å². The molecule has 0 spiro atoms. The van der Waals surface area contributed by atoms with E-state index >= 15 is 0 Å². The third-order valence-corrected chi connectivity index (χ3v) is 4.81. The lowest BCUT2D eigenvalue weighted by Crippen LogP contribution is -2.50. The Labute approximate surface area is 145 Å². The number of carbonyl (C=O) groups is 2. The first-order valence-electron chi connectivity index (χ1n) is 7.95. The Morgan fingerprint density at radius 3 is 2.42 bits per heavy atom. The monoisotopic (exact) mass is 349 g/mol. The van der Waals surface area contributed by atoms with Gasteiger partial charge in [0.2, 0.25) is 0 Å². The van der Waals surface area contributed by atoms with Gasteiger partial charge in [-0.2, -0.15) is 0 Å². The zero-order chi connectivity index (χ0) is 17.4. The molecule has 2 aromatic rings. The number of rotatable bonds is 3. The number of piperazine rings is 1. The highest BCUT2D eigenvalue weighted by Crippen LogP contribution is 2.26. The number of aromatic nitrogens is 1. The van der Waals surface area contributed by atoms with Crippen molar-refractivity contribution in [3.05, 3.63) is 34.5 Å². The van der Waals surface area contributed by atoms with Gasteiger partial charge in [0.1, 0.15) is 5.69 Å². The van der Waals surface area contributed by atoms with Crippen LogP contribution in [-0.4, -0.2) is 64.0 Å². The van der Waals surface area contributed by atoms with Crippen molar-refractivity contribution in [2.45, 2.75) is 19.9 Å². The molecule has 1 fully saturated rings. The smallest absolute Gasteiger partial charge is 0.352 e. The summed E-state index contributed by atoms with van der Waals surface area (Å²) in [7, 11) is 0. The summed E-state index contributed by atoms with van der Waals surface area (Å²) >= 11 is 6.26. The van der Waals surface area contributed by atoms with Gasteiger partial charge in [0, 0.05) is 43.1 Å². The molecule has 1 amide bonds. The van der Waals surface area contributed by atoms with Gasteiger partial charge in [-0.25, -0.2) is 4.79 Å². The first-order valence-corrected chi connectivity index (χ1v) is 8.33. The fourth-order valence-electron chi connectivity index (χ4n) is 3.05.